The van der Waals surface area contributed by atoms with Gasteiger partial charge in [-0.2, -0.15) is 0 Å². The summed E-state index contributed by atoms with van der Waals surface area (Å²) in [6.45, 7) is 2.87. The van der Waals surface area contributed by atoms with Crippen molar-refractivity contribution < 1.29 is 0 Å². The molecule has 2 rings (SSSR count). The number of aryl methyl sites for hydroxylation is 1. The van der Waals surface area contributed by atoms with Gasteiger partial charge in [0.05, 0.1) is 16.9 Å². The van der Waals surface area contributed by atoms with Crippen LogP contribution in [0.1, 0.15) is 30.1 Å². The van der Waals surface area contributed by atoms with Crippen molar-refractivity contribution in [1.82, 2.24) is 14.5 Å². The lowest BCUT2D eigenvalue weighted by molar-refractivity contribution is 0.199. The zero-order valence-corrected chi connectivity index (χ0v) is 13.7. The number of thiophene rings is 1. The van der Waals surface area contributed by atoms with Crippen LogP contribution >= 0.6 is 22.9 Å². The molecule has 2 heterocycles. The molecule has 0 saturated heterocycles. The molecule has 0 aromatic carbocycles. The van der Waals surface area contributed by atoms with E-state index in [0.717, 1.165) is 23.1 Å². The first kappa shape index (κ1) is 15.5. The van der Waals surface area contributed by atoms with E-state index >= 15 is 0 Å². The fourth-order valence-corrected chi connectivity index (χ4v) is 3.64. The number of likely N-dealkylation sites (N-methyl/N-ethyl adjacent to an activating group) is 1. The molecule has 0 radical (unpaired) electrons. The number of nitrogens with two attached hydrogens (primary N) is 1. The Morgan fingerprint density at radius 2 is 2.25 bits per heavy atom. The van der Waals surface area contributed by atoms with Crippen molar-refractivity contribution in [3.05, 3.63) is 39.6 Å². The molecule has 20 heavy (non-hydrogen) atoms. The van der Waals surface area contributed by atoms with E-state index in [1.807, 2.05) is 30.1 Å². The van der Waals surface area contributed by atoms with E-state index in [0.29, 0.717) is 0 Å². The van der Waals surface area contributed by atoms with E-state index in [1.165, 1.54) is 4.88 Å². The molecule has 4 nitrogen and oxygen atoms in total. The van der Waals surface area contributed by atoms with Crippen LogP contribution in [0.3, 0.4) is 0 Å². The van der Waals surface area contributed by atoms with Gasteiger partial charge < -0.3 is 10.3 Å². The number of imidazole rings is 1. The second-order valence-corrected chi connectivity index (χ2v) is 6.77. The van der Waals surface area contributed by atoms with Crippen molar-refractivity contribution in [2.24, 2.45) is 12.8 Å². The highest BCUT2D eigenvalue weighted by Crippen LogP contribution is 2.33. The number of rotatable bonds is 6. The summed E-state index contributed by atoms with van der Waals surface area (Å²) >= 11 is 7.67. The summed E-state index contributed by atoms with van der Waals surface area (Å²) in [5.41, 5.74) is 6.32. The van der Waals surface area contributed by atoms with Gasteiger partial charge in [-0.3, -0.25) is 4.90 Å². The fraction of sp³-hybridized carbons (Fsp3) is 0.500. The van der Waals surface area contributed by atoms with Crippen LogP contribution in [-0.4, -0.2) is 27.5 Å². The van der Waals surface area contributed by atoms with Crippen LogP contribution in [0.2, 0.25) is 4.34 Å². The smallest absolute Gasteiger partial charge is 0.122 e. The van der Waals surface area contributed by atoms with Gasteiger partial charge in [0.1, 0.15) is 5.82 Å². The highest BCUT2D eigenvalue weighted by molar-refractivity contribution is 7.16. The Morgan fingerprint density at radius 1 is 1.50 bits per heavy atom. The van der Waals surface area contributed by atoms with Crippen molar-refractivity contribution in [3.63, 3.8) is 0 Å². The molecule has 0 aliphatic carbocycles. The van der Waals surface area contributed by atoms with Crippen molar-refractivity contribution in [2.45, 2.75) is 32.0 Å². The van der Waals surface area contributed by atoms with Crippen LogP contribution in [0, 0.1) is 0 Å². The van der Waals surface area contributed by atoms with Gasteiger partial charge in [-0.05, 0) is 25.6 Å². The molecule has 2 aromatic rings. The maximum atomic E-state index is 6.32. The first-order chi connectivity index (χ1) is 9.52. The third kappa shape index (κ3) is 3.41. The lowest BCUT2D eigenvalue weighted by atomic mass is 10.0. The standard InChI is InChI=1S/C14H21ClN4S/c1-4-10(16)14(11-5-6-12(15)20-11)19(3)9-13-17-7-8-18(13)2/h5-8,10,14H,4,9,16H2,1-3H3. The molecule has 2 unspecified atom stereocenters. The minimum atomic E-state index is 0.0787. The molecule has 6 heteroatoms. The molecule has 0 bridgehead atoms. The fourth-order valence-electron chi connectivity index (χ4n) is 2.34. The maximum absolute atomic E-state index is 6.32. The third-order valence-corrected chi connectivity index (χ3v) is 4.85. The largest absolute Gasteiger partial charge is 0.337 e. The van der Waals surface area contributed by atoms with Gasteiger partial charge in [-0.15, -0.1) is 11.3 Å². The second kappa shape index (κ2) is 6.72. The van der Waals surface area contributed by atoms with Gasteiger partial charge in [0, 0.05) is 30.4 Å². The lowest BCUT2D eigenvalue weighted by Crippen LogP contribution is -2.38. The topological polar surface area (TPSA) is 47.1 Å². The van der Waals surface area contributed by atoms with Crippen LogP contribution in [0.15, 0.2) is 24.5 Å². The normalized spacial score (nSPS) is 14.7. The van der Waals surface area contributed by atoms with Gasteiger partial charge in [-0.25, -0.2) is 4.98 Å². The van der Waals surface area contributed by atoms with Gasteiger partial charge in [0.25, 0.3) is 0 Å². The summed E-state index contributed by atoms with van der Waals surface area (Å²) in [7, 11) is 4.09. The molecular formula is C14H21ClN4S. The SMILES string of the molecule is CCC(N)C(c1ccc(Cl)s1)N(C)Cc1nccn1C. The minimum Gasteiger partial charge on any atom is -0.337 e. The van der Waals surface area contributed by atoms with Crippen LogP contribution in [-0.2, 0) is 13.6 Å². The minimum absolute atomic E-state index is 0.0787. The Morgan fingerprint density at radius 3 is 2.75 bits per heavy atom. The maximum Gasteiger partial charge on any atom is 0.122 e. The van der Waals surface area contributed by atoms with Crippen molar-refractivity contribution in [2.75, 3.05) is 7.05 Å². The Labute approximate surface area is 129 Å². The number of nitrogens with zero attached hydrogens (tertiary/aromatic N) is 3. The quantitative estimate of drug-likeness (QED) is 0.892. The van der Waals surface area contributed by atoms with Gasteiger partial charge in [0.15, 0.2) is 0 Å². The van der Waals surface area contributed by atoms with E-state index < -0.39 is 0 Å². The Hall–Kier alpha value is -0.880. The number of halogens is 1. The Bertz CT molecular complexity index is 551. The van der Waals surface area contributed by atoms with E-state index in [2.05, 4.69) is 29.9 Å². The number of hydrogen-bond donors (Lipinski definition) is 1. The van der Waals surface area contributed by atoms with Crippen LogP contribution in [0.25, 0.3) is 0 Å². The average Bonchev–Trinajstić information content (AvgIpc) is 2.99. The summed E-state index contributed by atoms with van der Waals surface area (Å²) in [6, 6.07) is 4.25. The molecule has 0 fully saturated rings. The predicted molar refractivity (Wildman–Crippen MR) is 85.0 cm³/mol. The van der Waals surface area contributed by atoms with Crippen LogP contribution in [0.5, 0.6) is 0 Å². The molecule has 0 saturated carbocycles. The zero-order valence-electron chi connectivity index (χ0n) is 12.1. The predicted octanol–water partition coefficient (Wildman–Crippen LogP) is 3.05. The highest BCUT2D eigenvalue weighted by atomic mass is 35.5. The van der Waals surface area contributed by atoms with E-state index in [-0.39, 0.29) is 12.1 Å². The van der Waals surface area contributed by atoms with Crippen molar-refractivity contribution in [1.29, 1.82) is 0 Å². The van der Waals surface area contributed by atoms with E-state index in [4.69, 9.17) is 17.3 Å². The molecule has 0 aliphatic heterocycles. The molecule has 2 aromatic heterocycles. The summed E-state index contributed by atoms with van der Waals surface area (Å²) in [6.07, 6.45) is 4.70. The second-order valence-electron chi connectivity index (χ2n) is 5.03. The molecular weight excluding hydrogens is 292 g/mol. The number of aromatic nitrogens is 2. The molecule has 2 atom stereocenters. The molecule has 0 spiro atoms. The van der Waals surface area contributed by atoms with Gasteiger partial charge in [-0.1, -0.05) is 18.5 Å². The Kier molecular flexibility index (Phi) is 5.21. The Balaban J connectivity index is 2.20. The highest BCUT2D eigenvalue weighted by Gasteiger charge is 2.25. The summed E-state index contributed by atoms with van der Waals surface area (Å²) in [5, 5.41) is 0. The van der Waals surface area contributed by atoms with Gasteiger partial charge in [0.2, 0.25) is 0 Å². The molecule has 0 amide bonds. The lowest BCUT2D eigenvalue weighted by Gasteiger charge is -2.31. The average molecular weight is 313 g/mol. The zero-order chi connectivity index (χ0) is 14.7. The summed E-state index contributed by atoms with van der Waals surface area (Å²) < 4.78 is 2.84. The first-order valence-electron chi connectivity index (χ1n) is 6.70. The third-order valence-electron chi connectivity index (χ3n) is 3.55. The van der Waals surface area contributed by atoms with Crippen molar-refractivity contribution >= 4 is 22.9 Å². The van der Waals surface area contributed by atoms with Crippen LogP contribution < -0.4 is 5.73 Å². The molecule has 0 aliphatic rings. The summed E-state index contributed by atoms with van der Waals surface area (Å²) in [5.74, 6) is 1.03. The summed E-state index contributed by atoms with van der Waals surface area (Å²) in [4.78, 5) is 7.84. The number of hydrogen-bond acceptors (Lipinski definition) is 4. The first-order valence-corrected chi connectivity index (χ1v) is 7.89. The van der Waals surface area contributed by atoms with Crippen molar-refractivity contribution in [3.8, 4) is 0 Å². The molecule has 110 valence electrons. The van der Waals surface area contributed by atoms with E-state index in [9.17, 15) is 0 Å². The van der Waals surface area contributed by atoms with Gasteiger partial charge >= 0.3 is 0 Å². The monoisotopic (exact) mass is 312 g/mol. The molecule has 2 N–H and O–H groups in total. The van der Waals surface area contributed by atoms with E-state index in [1.54, 1.807) is 11.3 Å². The van der Waals surface area contributed by atoms with Crippen LogP contribution in [0.4, 0.5) is 0 Å².